The van der Waals surface area contributed by atoms with E-state index in [9.17, 15) is 37.1 Å². The quantitative estimate of drug-likeness (QED) is 0.168. The number of hydrogen-bond donors (Lipinski definition) is 2. The number of amides is 1. The number of nitrogens with one attached hydrogen (secondary N) is 1. The lowest BCUT2D eigenvalue weighted by molar-refractivity contribution is -0.139. The first kappa shape index (κ1) is 37.7. The van der Waals surface area contributed by atoms with Crippen LogP contribution in [0, 0.1) is 43.7 Å². The van der Waals surface area contributed by atoms with Crippen LogP contribution in [0.4, 0.5) is 22.0 Å². The first-order chi connectivity index (χ1) is 24.0. The smallest absolute Gasteiger partial charge is 0.416 e. The van der Waals surface area contributed by atoms with E-state index in [0.29, 0.717) is 41.5 Å². The lowest BCUT2D eigenvalue weighted by Gasteiger charge is -2.28. The van der Waals surface area contributed by atoms with Gasteiger partial charge in [-0.15, -0.1) is 6.42 Å². The molecule has 0 aliphatic carbocycles. The van der Waals surface area contributed by atoms with E-state index in [0.717, 1.165) is 17.2 Å². The number of hydrogen-bond acceptors (Lipinski definition) is 5. The average molecular weight is 714 g/mol. The topological polar surface area (TPSA) is 101 Å². The number of carbonyl (C=O) groups is 2. The number of carboxylic acids is 1. The van der Waals surface area contributed by atoms with E-state index in [1.165, 1.54) is 24.3 Å². The van der Waals surface area contributed by atoms with Gasteiger partial charge >= 0.3 is 12.1 Å². The average Bonchev–Trinajstić information content (AvgIpc) is 3.66. The SMILES string of the molecule is C#Cc1cc(-c2c(C)cc(F)cc2C)cc([C@H](CC(=O)O)NC(=O)[C@@H](CC(C)C)n2cc(CCN3C[C@H]4C[C@@H]3CO4)c(C(F)(F)F)cc2=O)c1F. The Balaban J connectivity index is 1.54. The third-order valence-corrected chi connectivity index (χ3v) is 9.60. The maximum atomic E-state index is 15.9. The monoisotopic (exact) mass is 713 g/mol. The predicted octanol–water partition coefficient (Wildman–Crippen LogP) is 6.35. The Morgan fingerprint density at radius 3 is 2.35 bits per heavy atom. The summed E-state index contributed by atoms with van der Waals surface area (Å²) in [5.74, 6) is -1.72. The van der Waals surface area contributed by atoms with Crippen molar-refractivity contribution in [2.45, 2.75) is 83.8 Å². The van der Waals surface area contributed by atoms with Gasteiger partial charge in [-0.1, -0.05) is 19.8 Å². The number of alkyl halides is 3. The molecule has 0 saturated carbocycles. The molecule has 2 aliphatic heterocycles. The van der Waals surface area contributed by atoms with Crippen molar-refractivity contribution in [3.8, 4) is 23.5 Å². The van der Waals surface area contributed by atoms with Crippen LogP contribution in [-0.4, -0.2) is 58.3 Å². The fourth-order valence-electron chi connectivity index (χ4n) is 7.31. The van der Waals surface area contributed by atoms with Gasteiger partial charge in [0.2, 0.25) is 5.91 Å². The van der Waals surface area contributed by atoms with Gasteiger partial charge in [0.1, 0.15) is 17.7 Å². The molecule has 2 aromatic carbocycles. The number of carboxylic acid groups (broad SMARTS) is 1. The Labute approximate surface area is 292 Å². The summed E-state index contributed by atoms with van der Waals surface area (Å²) in [7, 11) is 0. The third kappa shape index (κ3) is 8.34. The van der Waals surface area contributed by atoms with Gasteiger partial charge in [-0.3, -0.25) is 19.3 Å². The molecule has 1 amide bonds. The van der Waals surface area contributed by atoms with Crippen LogP contribution in [0.3, 0.4) is 0 Å². The number of aromatic nitrogens is 1. The number of aryl methyl sites for hydroxylation is 2. The summed E-state index contributed by atoms with van der Waals surface area (Å²) in [4.78, 5) is 41.6. The maximum absolute atomic E-state index is 15.9. The second kappa shape index (κ2) is 15.0. The first-order valence-corrected chi connectivity index (χ1v) is 16.7. The molecule has 5 rings (SSSR count). The van der Waals surface area contributed by atoms with Crippen LogP contribution in [0.25, 0.3) is 11.1 Å². The number of halogens is 5. The Hall–Kier alpha value is -4.54. The van der Waals surface area contributed by atoms with E-state index in [1.807, 2.05) is 0 Å². The minimum absolute atomic E-state index is 0.00432. The van der Waals surface area contributed by atoms with Crippen LogP contribution in [0.15, 0.2) is 41.3 Å². The molecule has 0 unspecified atom stereocenters. The van der Waals surface area contributed by atoms with Gasteiger partial charge in [0.05, 0.1) is 36.3 Å². The van der Waals surface area contributed by atoms with Crippen LogP contribution in [0.2, 0.25) is 0 Å². The molecule has 1 aromatic heterocycles. The predicted molar refractivity (Wildman–Crippen MR) is 180 cm³/mol. The number of ether oxygens (including phenoxy) is 1. The number of fused-ring (bicyclic) bond motifs is 2. The normalized spacial score (nSPS) is 18.5. The zero-order valence-corrected chi connectivity index (χ0v) is 28.7. The molecule has 2 aliphatic rings. The zero-order chi connectivity index (χ0) is 37.4. The summed E-state index contributed by atoms with van der Waals surface area (Å²) in [6, 6.07) is 3.00. The van der Waals surface area contributed by atoms with Gasteiger partial charge in [0.15, 0.2) is 0 Å². The molecule has 3 aromatic rings. The molecule has 2 saturated heterocycles. The number of carbonyl (C=O) groups excluding carboxylic acids is 1. The highest BCUT2D eigenvalue weighted by Crippen LogP contribution is 2.36. The number of benzene rings is 2. The molecule has 2 bridgehead atoms. The molecule has 2 fully saturated rings. The zero-order valence-electron chi connectivity index (χ0n) is 28.7. The highest BCUT2D eigenvalue weighted by molar-refractivity contribution is 5.82. The molecule has 272 valence electrons. The molecule has 2 N–H and O–H groups in total. The second-order valence-electron chi connectivity index (χ2n) is 13.8. The Morgan fingerprint density at radius 1 is 1.12 bits per heavy atom. The fourth-order valence-corrected chi connectivity index (χ4v) is 7.31. The molecule has 0 radical (unpaired) electrons. The van der Waals surface area contributed by atoms with Gasteiger partial charge in [0, 0.05) is 37.0 Å². The summed E-state index contributed by atoms with van der Waals surface area (Å²) >= 11 is 0. The minimum Gasteiger partial charge on any atom is -0.481 e. The number of pyridine rings is 1. The largest absolute Gasteiger partial charge is 0.481 e. The van der Waals surface area contributed by atoms with Crippen molar-refractivity contribution >= 4 is 11.9 Å². The van der Waals surface area contributed by atoms with Crippen molar-refractivity contribution in [2.75, 3.05) is 19.7 Å². The van der Waals surface area contributed by atoms with E-state index < -0.39 is 59.3 Å². The van der Waals surface area contributed by atoms with Crippen molar-refractivity contribution in [3.63, 3.8) is 0 Å². The first-order valence-electron chi connectivity index (χ1n) is 16.7. The summed E-state index contributed by atoms with van der Waals surface area (Å²) in [5.41, 5.74) is -0.910. The van der Waals surface area contributed by atoms with Gasteiger partial charge in [-0.2, -0.15) is 13.2 Å². The summed E-state index contributed by atoms with van der Waals surface area (Å²) in [5, 5.41) is 12.4. The van der Waals surface area contributed by atoms with Crippen molar-refractivity contribution in [3.05, 3.63) is 91.9 Å². The number of morpholine rings is 1. The van der Waals surface area contributed by atoms with Crippen LogP contribution >= 0.6 is 0 Å². The summed E-state index contributed by atoms with van der Waals surface area (Å²) in [6.07, 6.45) is 1.85. The van der Waals surface area contributed by atoms with Crippen LogP contribution in [0.1, 0.15) is 78.6 Å². The Kier molecular flexibility index (Phi) is 11.1. The van der Waals surface area contributed by atoms with E-state index in [-0.39, 0.29) is 54.1 Å². The Bertz CT molecular complexity index is 1910. The highest BCUT2D eigenvalue weighted by atomic mass is 19.4. The van der Waals surface area contributed by atoms with E-state index in [1.54, 1.807) is 27.7 Å². The molecule has 51 heavy (non-hydrogen) atoms. The summed E-state index contributed by atoms with van der Waals surface area (Å²) in [6.45, 7) is 8.19. The number of likely N-dealkylation sites (tertiary alicyclic amines) is 1. The lowest BCUT2D eigenvalue weighted by Crippen LogP contribution is -2.41. The van der Waals surface area contributed by atoms with E-state index >= 15 is 4.39 Å². The highest BCUT2D eigenvalue weighted by Gasteiger charge is 2.40. The molecule has 3 heterocycles. The molecule has 4 atom stereocenters. The number of terminal acetylenes is 1. The lowest BCUT2D eigenvalue weighted by atomic mass is 9.90. The number of nitrogens with zero attached hydrogens (tertiary/aromatic N) is 2. The van der Waals surface area contributed by atoms with Gasteiger partial charge < -0.3 is 19.7 Å². The second-order valence-corrected chi connectivity index (χ2v) is 13.8. The minimum atomic E-state index is -4.83. The van der Waals surface area contributed by atoms with Crippen molar-refractivity contribution < 1.29 is 41.4 Å². The molecule has 0 spiro atoms. The van der Waals surface area contributed by atoms with Gasteiger partial charge in [0.25, 0.3) is 5.56 Å². The number of rotatable bonds is 12. The maximum Gasteiger partial charge on any atom is 0.416 e. The van der Waals surface area contributed by atoms with E-state index in [4.69, 9.17) is 11.2 Å². The van der Waals surface area contributed by atoms with Crippen LogP contribution in [0.5, 0.6) is 0 Å². The molecular formula is C38H40F5N3O5. The van der Waals surface area contributed by atoms with Crippen molar-refractivity contribution in [2.24, 2.45) is 5.92 Å². The third-order valence-electron chi connectivity index (χ3n) is 9.60. The standard InChI is InChI=1S/C38H40F5N3O5/c1-6-23-12-25(35-21(4)10-26(39)11-22(35)5)13-29(36(23)40)31(16-34(48)49)44-37(50)32(9-20(2)3)46-17-24(30(15-33(46)47)38(41,42)43)7-8-45-18-28-14-27(45)19-51-28/h1,10-13,15,17,20,27-28,31-32H,7-9,14,16,18-19H2,2-5H3,(H,44,50)(H,48,49)/t27-,28-,31+,32-/m1/s1. The van der Waals surface area contributed by atoms with Gasteiger partial charge in [-0.25, -0.2) is 8.78 Å². The van der Waals surface area contributed by atoms with Crippen LogP contribution in [-0.2, 0) is 26.9 Å². The molecular weight excluding hydrogens is 673 g/mol. The molecule has 8 nitrogen and oxygen atoms in total. The van der Waals surface area contributed by atoms with E-state index in [2.05, 4.69) is 16.1 Å². The molecule has 13 heteroatoms. The van der Waals surface area contributed by atoms with Crippen LogP contribution < -0.4 is 10.9 Å². The van der Waals surface area contributed by atoms with Crippen molar-refractivity contribution in [1.82, 2.24) is 14.8 Å². The van der Waals surface area contributed by atoms with Gasteiger partial charge in [-0.05, 0) is 91.1 Å². The fraction of sp³-hybridized carbons (Fsp3) is 0.447. The van der Waals surface area contributed by atoms with Crippen molar-refractivity contribution in [1.29, 1.82) is 0 Å². The number of aliphatic carboxylic acids is 1. The Morgan fingerprint density at radius 2 is 1.80 bits per heavy atom. The summed E-state index contributed by atoms with van der Waals surface area (Å²) < 4.78 is 79.2.